The van der Waals surface area contributed by atoms with Crippen molar-refractivity contribution in [3.05, 3.63) is 29.1 Å². The molecule has 1 aromatic heterocycles. The minimum absolute atomic E-state index is 0.00533. The van der Waals surface area contributed by atoms with Crippen molar-refractivity contribution in [2.45, 2.75) is 20.8 Å². The summed E-state index contributed by atoms with van der Waals surface area (Å²) in [6.45, 7) is 5.67. The zero-order valence-corrected chi connectivity index (χ0v) is 9.46. The van der Waals surface area contributed by atoms with E-state index >= 15 is 0 Å². The Morgan fingerprint density at radius 1 is 1.33 bits per heavy atom. The number of Topliss-reactive ketones (excluding diaryl/α,β-unsaturated/α-hetero) is 1. The highest BCUT2D eigenvalue weighted by Crippen LogP contribution is 2.21. The highest BCUT2D eigenvalue weighted by atomic mass is 16.1. The van der Waals surface area contributed by atoms with Gasteiger partial charge in [0.2, 0.25) is 0 Å². The first-order valence-corrected chi connectivity index (χ1v) is 4.96. The second kappa shape index (κ2) is 3.19. The molecule has 0 aliphatic carbocycles. The SMILES string of the molecule is CC(=O)c1nc2ccc(C)c(C)c2n1C. The van der Waals surface area contributed by atoms with E-state index in [2.05, 4.69) is 18.8 Å². The zero-order valence-electron chi connectivity index (χ0n) is 9.46. The molecule has 0 atom stereocenters. The molecular formula is C12H14N2O. The van der Waals surface area contributed by atoms with Crippen LogP contribution in [-0.4, -0.2) is 15.3 Å². The first kappa shape index (κ1) is 9.90. The number of carbonyl (C=O) groups excluding carboxylic acids is 1. The van der Waals surface area contributed by atoms with E-state index in [1.807, 2.05) is 23.7 Å². The van der Waals surface area contributed by atoms with Crippen molar-refractivity contribution in [2.24, 2.45) is 7.05 Å². The molecule has 0 N–H and O–H groups in total. The lowest BCUT2D eigenvalue weighted by molar-refractivity contribution is 0.100. The average molecular weight is 202 g/mol. The monoisotopic (exact) mass is 202 g/mol. The molecule has 1 aromatic carbocycles. The number of imidazole rings is 1. The largest absolute Gasteiger partial charge is 0.324 e. The molecule has 0 aliphatic heterocycles. The van der Waals surface area contributed by atoms with Gasteiger partial charge in [-0.3, -0.25) is 4.79 Å². The number of nitrogens with zero attached hydrogens (tertiary/aromatic N) is 2. The van der Waals surface area contributed by atoms with Crippen LogP contribution in [0.15, 0.2) is 12.1 Å². The zero-order chi connectivity index (χ0) is 11.2. The summed E-state index contributed by atoms with van der Waals surface area (Å²) in [5.74, 6) is 0.532. The van der Waals surface area contributed by atoms with Crippen LogP contribution in [-0.2, 0) is 7.05 Å². The topological polar surface area (TPSA) is 34.9 Å². The normalized spacial score (nSPS) is 10.9. The van der Waals surface area contributed by atoms with E-state index in [0.717, 1.165) is 11.0 Å². The summed E-state index contributed by atoms with van der Waals surface area (Å²) < 4.78 is 1.88. The van der Waals surface area contributed by atoms with Crippen LogP contribution in [0.4, 0.5) is 0 Å². The van der Waals surface area contributed by atoms with Gasteiger partial charge >= 0.3 is 0 Å². The van der Waals surface area contributed by atoms with E-state index < -0.39 is 0 Å². The Bertz CT molecular complexity index is 552. The minimum Gasteiger partial charge on any atom is -0.324 e. The van der Waals surface area contributed by atoms with Gasteiger partial charge in [0, 0.05) is 14.0 Å². The number of aryl methyl sites for hydroxylation is 3. The van der Waals surface area contributed by atoms with Crippen molar-refractivity contribution in [3.63, 3.8) is 0 Å². The van der Waals surface area contributed by atoms with Gasteiger partial charge < -0.3 is 4.57 Å². The van der Waals surface area contributed by atoms with Crippen LogP contribution in [0.25, 0.3) is 11.0 Å². The number of benzene rings is 1. The van der Waals surface area contributed by atoms with Gasteiger partial charge in [-0.1, -0.05) is 6.07 Å². The average Bonchev–Trinajstić information content (AvgIpc) is 2.50. The Kier molecular flexibility index (Phi) is 2.11. The lowest BCUT2D eigenvalue weighted by atomic mass is 10.1. The summed E-state index contributed by atoms with van der Waals surface area (Å²) in [6.07, 6.45) is 0. The van der Waals surface area contributed by atoms with Gasteiger partial charge in [0.15, 0.2) is 11.6 Å². The van der Waals surface area contributed by atoms with Crippen LogP contribution in [0.5, 0.6) is 0 Å². The Labute approximate surface area is 88.7 Å². The summed E-state index contributed by atoms with van der Waals surface area (Å²) in [5.41, 5.74) is 4.36. The van der Waals surface area contributed by atoms with E-state index in [9.17, 15) is 4.79 Å². The molecule has 0 radical (unpaired) electrons. The fourth-order valence-corrected chi connectivity index (χ4v) is 1.91. The molecule has 0 unspecified atom stereocenters. The smallest absolute Gasteiger partial charge is 0.195 e. The lowest BCUT2D eigenvalue weighted by Gasteiger charge is -2.03. The second-order valence-electron chi connectivity index (χ2n) is 3.93. The number of carbonyl (C=O) groups is 1. The lowest BCUT2D eigenvalue weighted by Crippen LogP contribution is -2.03. The van der Waals surface area contributed by atoms with Crippen molar-refractivity contribution >= 4 is 16.8 Å². The molecule has 3 heteroatoms. The third-order valence-electron chi connectivity index (χ3n) is 2.87. The van der Waals surface area contributed by atoms with Crippen molar-refractivity contribution in [2.75, 3.05) is 0 Å². The molecule has 0 aliphatic rings. The van der Waals surface area contributed by atoms with Crippen molar-refractivity contribution < 1.29 is 4.79 Å². The summed E-state index contributed by atoms with van der Waals surface area (Å²) in [6, 6.07) is 4.00. The predicted octanol–water partition coefficient (Wildman–Crippen LogP) is 2.39. The first-order valence-electron chi connectivity index (χ1n) is 4.96. The summed E-state index contributed by atoms with van der Waals surface area (Å²) in [7, 11) is 1.89. The molecule has 78 valence electrons. The maximum absolute atomic E-state index is 11.3. The fraction of sp³-hybridized carbons (Fsp3) is 0.333. The van der Waals surface area contributed by atoms with Gasteiger partial charge in [0.1, 0.15) is 0 Å². The molecule has 2 aromatic rings. The number of fused-ring (bicyclic) bond motifs is 1. The predicted molar refractivity (Wildman–Crippen MR) is 60.2 cm³/mol. The molecule has 1 heterocycles. The van der Waals surface area contributed by atoms with Crippen molar-refractivity contribution in [1.82, 2.24) is 9.55 Å². The molecule has 3 nitrogen and oxygen atoms in total. The Morgan fingerprint density at radius 3 is 2.60 bits per heavy atom. The van der Waals surface area contributed by atoms with Gasteiger partial charge in [-0.05, 0) is 31.0 Å². The molecule has 2 rings (SSSR count). The fourth-order valence-electron chi connectivity index (χ4n) is 1.91. The van der Waals surface area contributed by atoms with E-state index in [-0.39, 0.29) is 5.78 Å². The molecule has 0 amide bonds. The van der Waals surface area contributed by atoms with E-state index in [0.29, 0.717) is 5.82 Å². The summed E-state index contributed by atoms with van der Waals surface area (Å²) >= 11 is 0. The Balaban J connectivity index is 2.89. The molecule has 0 bridgehead atoms. The minimum atomic E-state index is 0.00533. The highest BCUT2D eigenvalue weighted by molar-refractivity contribution is 5.95. The molecule has 15 heavy (non-hydrogen) atoms. The number of hydrogen-bond donors (Lipinski definition) is 0. The van der Waals surface area contributed by atoms with Crippen molar-refractivity contribution in [1.29, 1.82) is 0 Å². The molecular weight excluding hydrogens is 188 g/mol. The summed E-state index contributed by atoms with van der Waals surface area (Å²) in [5, 5.41) is 0. The van der Waals surface area contributed by atoms with Gasteiger partial charge in [0.25, 0.3) is 0 Å². The number of hydrogen-bond acceptors (Lipinski definition) is 2. The summed E-state index contributed by atoms with van der Waals surface area (Å²) in [4.78, 5) is 15.7. The van der Waals surface area contributed by atoms with Crippen LogP contribution in [0.1, 0.15) is 28.7 Å². The van der Waals surface area contributed by atoms with Gasteiger partial charge in [-0.2, -0.15) is 0 Å². The van der Waals surface area contributed by atoms with E-state index in [1.54, 1.807) is 6.92 Å². The molecule has 0 spiro atoms. The van der Waals surface area contributed by atoms with Gasteiger partial charge in [-0.15, -0.1) is 0 Å². The molecule has 0 saturated carbocycles. The Morgan fingerprint density at radius 2 is 2.00 bits per heavy atom. The van der Waals surface area contributed by atoms with Gasteiger partial charge in [0.05, 0.1) is 11.0 Å². The molecule has 0 fully saturated rings. The third-order valence-corrected chi connectivity index (χ3v) is 2.87. The standard InChI is InChI=1S/C12H14N2O/c1-7-5-6-10-11(8(7)2)14(4)12(13-10)9(3)15/h5-6H,1-4H3. The van der Waals surface area contributed by atoms with E-state index in [1.165, 1.54) is 11.1 Å². The van der Waals surface area contributed by atoms with Crippen LogP contribution >= 0.6 is 0 Å². The van der Waals surface area contributed by atoms with Crippen molar-refractivity contribution in [3.8, 4) is 0 Å². The highest BCUT2D eigenvalue weighted by Gasteiger charge is 2.13. The van der Waals surface area contributed by atoms with Crippen LogP contribution < -0.4 is 0 Å². The third kappa shape index (κ3) is 1.35. The van der Waals surface area contributed by atoms with E-state index in [4.69, 9.17) is 0 Å². The quantitative estimate of drug-likeness (QED) is 0.665. The van der Waals surface area contributed by atoms with Gasteiger partial charge in [-0.25, -0.2) is 4.98 Å². The first-order chi connectivity index (χ1) is 7.02. The maximum atomic E-state index is 11.3. The van der Waals surface area contributed by atoms with Crippen LogP contribution in [0, 0.1) is 13.8 Å². The second-order valence-corrected chi connectivity index (χ2v) is 3.93. The molecule has 0 saturated heterocycles. The van der Waals surface area contributed by atoms with Crippen LogP contribution in [0.2, 0.25) is 0 Å². The Hall–Kier alpha value is -1.64. The number of rotatable bonds is 1. The van der Waals surface area contributed by atoms with Crippen LogP contribution in [0.3, 0.4) is 0 Å². The number of aromatic nitrogens is 2. The maximum Gasteiger partial charge on any atom is 0.195 e. The number of ketones is 1.